The Morgan fingerprint density at radius 2 is 2.25 bits per heavy atom. The summed E-state index contributed by atoms with van der Waals surface area (Å²) in [5, 5.41) is 12.4. The Hall–Kier alpha value is -1.95. The second-order valence-electron chi connectivity index (χ2n) is 3.09. The maximum Gasteiger partial charge on any atom is 0.213 e. The fourth-order valence-electron chi connectivity index (χ4n) is 1.20. The van der Waals surface area contributed by atoms with Crippen LogP contribution in [0.5, 0.6) is 5.75 Å². The van der Waals surface area contributed by atoms with Crippen LogP contribution in [0.2, 0.25) is 0 Å². The van der Waals surface area contributed by atoms with E-state index in [1.165, 1.54) is 18.5 Å². The zero-order chi connectivity index (χ0) is 11.4. The van der Waals surface area contributed by atoms with Crippen LogP contribution in [0.25, 0.3) is 0 Å². The molecule has 0 amide bonds. The van der Waals surface area contributed by atoms with Gasteiger partial charge in [-0.1, -0.05) is 5.16 Å². The standard InChI is InChI=1S/C10H9FN2O3/c11-8-1-7(4-14)2-9(3-8)15-5-10-12-6-16-13-10/h1-3,6,14H,4-5H2. The quantitative estimate of drug-likeness (QED) is 0.847. The van der Waals surface area contributed by atoms with E-state index in [0.29, 0.717) is 17.1 Å². The summed E-state index contributed by atoms with van der Waals surface area (Å²) in [5.41, 5.74) is 0.447. The van der Waals surface area contributed by atoms with Gasteiger partial charge >= 0.3 is 0 Å². The molecule has 1 N–H and O–H groups in total. The van der Waals surface area contributed by atoms with E-state index in [4.69, 9.17) is 9.84 Å². The molecular formula is C10H9FN2O3. The highest BCUT2D eigenvalue weighted by atomic mass is 19.1. The number of benzene rings is 1. The van der Waals surface area contributed by atoms with Crippen molar-refractivity contribution in [2.45, 2.75) is 13.2 Å². The molecular weight excluding hydrogens is 215 g/mol. The minimum absolute atomic E-state index is 0.0881. The zero-order valence-corrected chi connectivity index (χ0v) is 8.26. The predicted octanol–water partition coefficient (Wildman–Crippen LogP) is 1.28. The molecule has 5 nitrogen and oxygen atoms in total. The van der Waals surface area contributed by atoms with Crippen LogP contribution < -0.4 is 4.74 Å². The van der Waals surface area contributed by atoms with Crippen LogP contribution >= 0.6 is 0 Å². The number of aromatic nitrogens is 2. The van der Waals surface area contributed by atoms with Crippen molar-refractivity contribution in [3.8, 4) is 5.75 Å². The van der Waals surface area contributed by atoms with Crippen LogP contribution in [0.1, 0.15) is 11.4 Å². The molecule has 0 unspecified atom stereocenters. The van der Waals surface area contributed by atoms with Gasteiger partial charge in [0.1, 0.15) is 11.6 Å². The minimum Gasteiger partial charge on any atom is -0.485 e. The Bertz CT molecular complexity index is 459. The van der Waals surface area contributed by atoms with Crippen molar-refractivity contribution < 1.29 is 18.8 Å². The Morgan fingerprint density at radius 3 is 2.94 bits per heavy atom. The lowest BCUT2D eigenvalue weighted by Gasteiger charge is -2.05. The van der Waals surface area contributed by atoms with Gasteiger partial charge < -0.3 is 14.4 Å². The topological polar surface area (TPSA) is 68.4 Å². The van der Waals surface area contributed by atoms with Crippen molar-refractivity contribution in [2.24, 2.45) is 0 Å². The molecule has 0 spiro atoms. The number of ether oxygens (including phenoxy) is 1. The molecule has 0 saturated heterocycles. The normalized spacial score (nSPS) is 10.4. The van der Waals surface area contributed by atoms with Gasteiger partial charge in [-0.25, -0.2) is 4.39 Å². The molecule has 0 fully saturated rings. The molecule has 16 heavy (non-hydrogen) atoms. The van der Waals surface area contributed by atoms with Crippen molar-refractivity contribution in [2.75, 3.05) is 0 Å². The summed E-state index contributed by atoms with van der Waals surface area (Å²) in [4.78, 5) is 3.75. The molecule has 1 heterocycles. The Morgan fingerprint density at radius 1 is 1.38 bits per heavy atom. The van der Waals surface area contributed by atoms with Gasteiger partial charge in [0.15, 0.2) is 6.61 Å². The molecule has 6 heteroatoms. The molecule has 2 rings (SSSR count). The van der Waals surface area contributed by atoms with Crippen LogP contribution in [0.3, 0.4) is 0 Å². The number of hydrogen-bond donors (Lipinski definition) is 1. The van der Waals surface area contributed by atoms with E-state index in [1.807, 2.05) is 0 Å². The van der Waals surface area contributed by atoms with E-state index < -0.39 is 5.82 Å². The largest absolute Gasteiger partial charge is 0.485 e. The summed E-state index contributed by atoms with van der Waals surface area (Å²) in [6.07, 6.45) is 1.18. The molecule has 0 saturated carbocycles. The fourth-order valence-corrected chi connectivity index (χ4v) is 1.20. The molecule has 0 aliphatic heterocycles. The van der Waals surface area contributed by atoms with Gasteiger partial charge in [-0.3, -0.25) is 0 Å². The maximum absolute atomic E-state index is 13.0. The fraction of sp³-hybridized carbons (Fsp3) is 0.200. The molecule has 0 atom stereocenters. The van der Waals surface area contributed by atoms with Gasteiger partial charge in [0.2, 0.25) is 12.2 Å². The zero-order valence-electron chi connectivity index (χ0n) is 8.26. The molecule has 2 aromatic rings. The summed E-state index contributed by atoms with van der Waals surface area (Å²) in [6, 6.07) is 4.00. The van der Waals surface area contributed by atoms with Crippen LogP contribution in [0.15, 0.2) is 29.1 Å². The highest BCUT2D eigenvalue weighted by molar-refractivity contribution is 5.29. The first-order valence-corrected chi connectivity index (χ1v) is 4.56. The number of halogens is 1. The van der Waals surface area contributed by atoms with E-state index >= 15 is 0 Å². The summed E-state index contributed by atoms with van der Waals surface area (Å²) in [7, 11) is 0. The van der Waals surface area contributed by atoms with E-state index in [0.717, 1.165) is 0 Å². The second kappa shape index (κ2) is 4.71. The molecule has 0 radical (unpaired) electrons. The average Bonchev–Trinajstić information content (AvgIpc) is 2.78. The van der Waals surface area contributed by atoms with Gasteiger partial charge in [-0.2, -0.15) is 4.98 Å². The highest BCUT2D eigenvalue weighted by Crippen LogP contribution is 2.17. The SMILES string of the molecule is OCc1cc(F)cc(OCc2ncon2)c1. The lowest BCUT2D eigenvalue weighted by atomic mass is 10.2. The predicted molar refractivity (Wildman–Crippen MR) is 51.0 cm³/mol. The third-order valence-corrected chi connectivity index (χ3v) is 1.89. The van der Waals surface area contributed by atoms with E-state index in [-0.39, 0.29) is 13.2 Å². The number of aliphatic hydroxyl groups is 1. The molecule has 1 aromatic heterocycles. The lowest BCUT2D eigenvalue weighted by molar-refractivity contribution is 0.272. The molecule has 1 aromatic carbocycles. The van der Waals surface area contributed by atoms with Crippen molar-refractivity contribution in [3.05, 3.63) is 41.8 Å². The summed E-state index contributed by atoms with van der Waals surface area (Å²) >= 11 is 0. The first-order chi connectivity index (χ1) is 7.78. The van der Waals surface area contributed by atoms with Crippen LogP contribution in [0.4, 0.5) is 4.39 Å². The number of rotatable bonds is 4. The second-order valence-corrected chi connectivity index (χ2v) is 3.09. The smallest absolute Gasteiger partial charge is 0.213 e. The molecule has 84 valence electrons. The molecule has 0 bridgehead atoms. The third kappa shape index (κ3) is 2.54. The highest BCUT2D eigenvalue weighted by Gasteiger charge is 2.03. The van der Waals surface area contributed by atoms with E-state index in [1.54, 1.807) is 6.07 Å². The number of nitrogens with zero attached hydrogens (tertiary/aromatic N) is 2. The Kier molecular flexibility index (Phi) is 3.11. The van der Waals surface area contributed by atoms with Crippen LogP contribution in [0, 0.1) is 5.82 Å². The van der Waals surface area contributed by atoms with Crippen LogP contribution in [-0.4, -0.2) is 15.2 Å². The summed E-state index contributed by atoms with van der Waals surface area (Å²) in [6.45, 7) is -0.152. The van der Waals surface area contributed by atoms with E-state index in [9.17, 15) is 4.39 Å². The molecule has 0 aliphatic carbocycles. The minimum atomic E-state index is -0.463. The Balaban J connectivity index is 2.06. The van der Waals surface area contributed by atoms with Gasteiger partial charge in [-0.05, 0) is 17.7 Å². The third-order valence-electron chi connectivity index (χ3n) is 1.89. The van der Waals surface area contributed by atoms with Crippen molar-refractivity contribution in [1.82, 2.24) is 10.1 Å². The van der Waals surface area contributed by atoms with E-state index in [2.05, 4.69) is 14.7 Å². The van der Waals surface area contributed by atoms with Gasteiger partial charge in [0, 0.05) is 6.07 Å². The van der Waals surface area contributed by atoms with Gasteiger partial charge in [0.05, 0.1) is 6.61 Å². The number of hydrogen-bond acceptors (Lipinski definition) is 5. The van der Waals surface area contributed by atoms with Gasteiger partial charge in [0.25, 0.3) is 0 Å². The number of aliphatic hydroxyl groups excluding tert-OH is 1. The Labute approximate surface area is 90.5 Å². The average molecular weight is 224 g/mol. The maximum atomic E-state index is 13.0. The lowest BCUT2D eigenvalue weighted by Crippen LogP contribution is -1.98. The first-order valence-electron chi connectivity index (χ1n) is 4.56. The molecule has 0 aliphatic rings. The monoisotopic (exact) mass is 224 g/mol. The summed E-state index contributed by atoms with van der Waals surface area (Å²) in [5.74, 6) is 0.221. The van der Waals surface area contributed by atoms with Crippen LogP contribution in [-0.2, 0) is 13.2 Å². The first kappa shape index (κ1) is 10.6. The van der Waals surface area contributed by atoms with Crippen molar-refractivity contribution >= 4 is 0 Å². The van der Waals surface area contributed by atoms with Gasteiger partial charge in [-0.15, -0.1) is 0 Å². The van der Waals surface area contributed by atoms with Crippen molar-refractivity contribution in [3.63, 3.8) is 0 Å². The summed E-state index contributed by atoms with van der Waals surface area (Å²) < 4.78 is 22.8. The van der Waals surface area contributed by atoms with Crippen molar-refractivity contribution in [1.29, 1.82) is 0 Å².